The molecular weight excluding hydrogens is 1140 g/mol. The first kappa shape index (κ1) is 61.4. The molecule has 0 atom stereocenters. The van der Waals surface area contributed by atoms with Crippen LogP contribution in [0.15, 0.2) is 131 Å². The third-order valence-corrected chi connectivity index (χ3v) is 20.2. The number of para-hydroxylation sites is 2. The Hall–Kier alpha value is -6.25. The largest absolute Gasteiger partial charge is 0.495 e. The molecule has 0 spiro atoms. The average molecular weight is 1210 g/mol. The molecule has 0 bridgehead atoms. The van der Waals surface area contributed by atoms with Crippen molar-refractivity contribution in [3.8, 4) is 46.0 Å². The molecule has 0 aliphatic heterocycles. The number of methoxy groups -OCH3 is 4. The summed E-state index contributed by atoms with van der Waals surface area (Å²) in [5.74, 6) is 2.75. The number of benzene rings is 4. The van der Waals surface area contributed by atoms with Gasteiger partial charge in [-0.1, -0.05) is 111 Å². The van der Waals surface area contributed by atoms with Crippen LogP contribution in [-0.4, -0.2) is 116 Å². The highest BCUT2D eigenvalue weighted by atomic mass is 35.5. The van der Waals surface area contributed by atoms with Crippen LogP contribution < -0.4 is 18.1 Å². The van der Waals surface area contributed by atoms with Gasteiger partial charge in [-0.2, -0.15) is 0 Å². The Labute approximate surface area is 481 Å². The van der Waals surface area contributed by atoms with Crippen molar-refractivity contribution in [1.29, 1.82) is 0 Å². The van der Waals surface area contributed by atoms with E-state index in [1.165, 1.54) is 21.1 Å². The van der Waals surface area contributed by atoms with E-state index in [-0.39, 0.29) is 49.7 Å². The zero-order chi connectivity index (χ0) is 57.8. The number of hydrogen-bond acceptors (Lipinski definition) is 14. The number of anilines is 2. The highest BCUT2D eigenvalue weighted by molar-refractivity contribution is 7.93. The molecule has 0 aliphatic carbocycles. The van der Waals surface area contributed by atoms with Gasteiger partial charge in [-0.15, -0.1) is 20.4 Å². The molecule has 18 nitrogen and oxygen atoms in total. The van der Waals surface area contributed by atoms with Gasteiger partial charge in [0.1, 0.15) is 11.5 Å². The van der Waals surface area contributed by atoms with Crippen molar-refractivity contribution in [1.82, 2.24) is 29.5 Å². The molecule has 0 aliphatic rings. The second kappa shape index (κ2) is 27.0. The highest BCUT2D eigenvalue weighted by Crippen LogP contribution is 2.39. The molecule has 0 N–H and O–H groups in total. The molecule has 8 rings (SSSR count). The molecule has 0 unspecified atom stereocenters. The molecule has 8 aromatic rings. The molecule has 24 heteroatoms. The van der Waals surface area contributed by atoms with E-state index in [2.05, 4.69) is 59.7 Å². The van der Waals surface area contributed by atoms with Crippen LogP contribution in [0.1, 0.15) is 22.3 Å². The van der Waals surface area contributed by atoms with Crippen molar-refractivity contribution in [2.45, 2.75) is 77.4 Å². The monoisotopic (exact) mass is 1200 g/mol. The maximum absolute atomic E-state index is 14.1. The second-order valence-electron chi connectivity index (χ2n) is 21.2. The molecule has 0 radical (unpaired) electrons. The van der Waals surface area contributed by atoms with E-state index in [1.54, 1.807) is 86.1 Å². The van der Waals surface area contributed by atoms with Crippen LogP contribution >= 0.6 is 23.2 Å². The topological polar surface area (TPSA) is 199 Å². The fourth-order valence-corrected chi connectivity index (χ4v) is 13.8. The van der Waals surface area contributed by atoms with Crippen LogP contribution in [0.3, 0.4) is 0 Å². The minimum Gasteiger partial charge on any atom is -0.495 e. The average Bonchev–Trinajstić information content (AvgIpc) is 4.46. The van der Waals surface area contributed by atoms with E-state index in [9.17, 15) is 16.8 Å². The van der Waals surface area contributed by atoms with Crippen molar-refractivity contribution in [3.63, 3.8) is 0 Å². The summed E-state index contributed by atoms with van der Waals surface area (Å²) in [6, 6.07) is 34.0. The number of rotatable bonds is 26. The Balaban J connectivity index is 0.000000231. The third-order valence-electron chi connectivity index (χ3n) is 12.8. The van der Waals surface area contributed by atoms with Gasteiger partial charge in [0.15, 0.2) is 11.5 Å². The molecule has 4 aromatic carbocycles. The quantitative estimate of drug-likeness (QED) is 0.0464. The van der Waals surface area contributed by atoms with Gasteiger partial charge in [0.25, 0.3) is 0 Å². The number of halogens is 2. The lowest BCUT2D eigenvalue weighted by Gasteiger charge is -2.27. The molecule has 80 heavy (non-hydrogen) atoms. The van der Waals surface area contributed by atoms with Crippen molar-refractivity contribution in [2.24, 2.45) is 0 Å². The van der Waals surface area contributed by atoms with Gasteiger partial charge in [-0.05, 0) is 96.7 Å². The summed E-state index contributed by atoms with van der Waals surface area (Å²) in [6.07, 6.45) is 3.73. The van der Waals surface area contributed by atoms with Crippen molar-refractivity contribution in [3.05, 3.63) is 154 Å². The predicted molar refractivity (Wildman–Crippen MR) is 322 cm³/mol. The van der Waals surface area contributed by atoms with Gasteiger partial charge in [-0.3, -0.25) is 9.13 Å². The van der Waals surface area contributed by atoms with Gasteiger partial charge < -0.3 is 27.8 Å². The summed E-state index contributed by atoms with van der Waals surface area (Å²) in [5.41, 5.74) is 4.48. The maximum Gasteiger partial charge on any atom is 0.246 e. The summed E-state index contributed by atoms with van der Waals surface area (Å²) in [6.45, 7) is 14.3. The Kier molecular flexibility index (Phi) is 20.7. The Bertz CT molecular complexity index is 3270. The molecule has 0 saturated carbocycles. The SMILES string of the molecule is COCc1cccc(OC)c1-n1c(-c2ccco2)nnc1N(CC[Si](C)(C)C)S(=O)(=O)CCc1ccc(Cl)cc1.COCc1cccc(OC)c1-n1c(-c2ccco2)nnc1N(CC[Si](C)(C)C)S(=O)(=O)CCc1ccc(Cl)cc1. The number of aryl methyl sites for hydroxylation is 2. The summed E-state index contributed by atoms with van der Waals surface area (Å²) in [4.78, 5) is 0. The smallest absolute Gasteiger partial charge is 0.246 e. The normalized spacial score (nSPS) is 12.1. The van der Waals surface area contributed by atoms with Crippen molar-refractivity contribution >= 4 is 71.3 Å². The first-order valence-electron chi connectivity index (χ1n) is 25.9. The van der Waals surface area contributed by atoms with E-state index >= 15 is 0 Å². The van der Waals surface area contributed by atoms with Gasteiger partial charge in [0, 0.05) is 64.6 Å². The van der Waals surface area contributed by atoms with E-state index in [4.69, 9.17) is 51.0 Å². The van der Waals surface area contributed by atoms with Crippen LogP contribution in [0.4, 0.5) is 11.9 Å². The molecule has 0 saturated heterocycles. The number of aromatic nitrogens is 6. The molecule has 0 fully saturated rings. The van der Waals surface area contributed by atoms with Crippen LogP contribution in [0.5, 0.6) is 11.5 Å². The van der Waals surface area contributed by atoms with Crippen LogP contribution in [0.2, 0.25) is 61.4 Å². The number of hydrogen-bond donors (Lipinski definition) is 0. The summed E-state index contributed by atoms with van der Waals surface area (Å²) in [5, 5.41) is 19.0. The third kappa shape index (κ3) is 15.6. The predicted octanol–water partition coefficient (Wildman–Crippen LogP) is 12.1. The molecular formula is C56H70Cl2N8O10S2Si2. The lowest BCUT2D eigenvalue weighted by atomic mass is 10.1. The molecule has 0 amide bonds. The van der Waals surface area contributed by atoms with Gasteiger partial charge in [0.05, 0.1) is 62.8 Å². The Morgan fingerprint density at radius 3 is 1.20 bits per heavy atom. The Morgan fingerprint density at radius 1 is 0.512 bits per heavy atom. The van der Waals surface area contributed by atoms with E-state index in [0.717, 1.165) is 34.3 Å². The zero-order valence-corrected chi connectivity index (χ0v) is 52.0. The second-order valence-corrected chi connectivity index (χ2v) is 37.4. The fourth-order valence-electron chi connectivity index (χ4n) is 8.55. The van der Waals surface area contributed by atoms with Gasteiger partial charge >= 0.3 is 0 Å². The van der Waals surface area contributed by atoms with Crippen molar-refractivity contribution in [2.75, 3.05) is 61.6 Å². The van der Waals surface area contributed by atoms with Crippen molar-refractivity contribution < 1.29 is 44.6 Å². The number of ether oxygens (including phenoxy) is 4. The lowest BCUT2D eigenvalue weighted by Crippen LogP contribution is -2.39. The molecule has 4 aromatic heterocycles. The standard InChI is InChI=1S/2C28H35ClN4O5SSi/c2*1-36-20-22-8-6-9-24(37-2)26(22)33-27(25-10-7-17-38-25)30-31-28(33)32(16-19-40(3,4)5)39(34,35)18-15-21-11-13-23(29)14-12-21/h2*6-14,17H,15-16,18-20H2,1-5H3. The van der Waals surface area contributed by atoms with E-state index < -0.39 is 36.2 Å². The Morgan fingerprint density at radius 2 is 0.887 bits per heavy atom. The fraction of sp³-hybridized carbons (Fsp3) is 0.357. The number of sulfonamides is 2. The van der Waals surface area contributed by atoms with Crippen LogP contribution in [0.25, 0.3) is 34.5 Å². The molecule has 428 valence electrons. The van der Waals surface area contributed by atoms with Crippen LogP contribution in [-0.2, 0) is 55.6 Å². The zero-order valence-electron chi connectivity index (χ0n) is 46.9. The van der Waals surface area contributed by atoms with Gasteiger partial charge in [-0.25, -0.2) is 25.4 Å². The summed E-state index contributed by atoms with van der Waals surface area (Å²) < 4.78 is 96.4. The lowest BCUT2D eigenvalue weighted by molar-refractivity contribution is 0.184. The minimum absolute atomic E-state index is 0.111. The number of furan rings is 2. The van der Waals surface area contributed by atoms with E-state index in [0.29, 0.717) is 68.9 Å². The number of nitrogens with zero attached hydrogens (tertiary/aromatic N) is 8. The van der Waals surface area contributed by atoms with Crippen LogP contribution in [0, 0.1) is 0 Å². The summed E-state index contributed by atoms with van der Waals surface area (Å²) in [7, 11) is -4.64. The summed E-state index contributed by atoms with van der Waals surface area (Å²) >= 11 is 12.1. The van der Waals surface area contributed by atoms with E-state index in [1.807, 2.05) is 60.7 Å². The maximum atomic E-state index is 14.1. The first-order chi connectivity index (χ1) is 38.1. The molecule has 4 heterocycles. The first-order valence-corrected chi connectivity index (χ1v) is 37.3. The minimum atomic E-state index is -3.84. The highest BCUT2D eigenvalue weighted by Gasteiger charge is 2.35. The van der Waals surface area contributed by atoms with Gasteiger partial charge in [0.2, 0.25) is 43.6 Å².